The Morgan fingerprint density at radius 3 is 0.935 bits per heavy atom. The third-order valence-corrected chi connectivity index (χ3v) is 18.7. The van der Waals surface area contributed by atoms with Gasteiger partial charge in [0.05, 0.1) is 161 Å². The van der Waals surface area contributed by atoms with Gasteiger partial charge in [-0.2, -0.15) is 11.8 Å². The maximum atomic E-state index is 12.2. The number of rotatable bonds is 71. The molecule has 2 aliphatic rings. The number of aliphatic hydroxyl groups is 12. The van der Waals surface area contributed by atoms with Crippen LogP contribution in [-0.2, 0) is 124 Å². The number of aliphatic hydroxyl groups excluding tert-OH is 12. The highest BCUT2D eigenvalue weighted by Crippen LogP contribution is 2.23. The Labute approximate surface area is 813 Å². The summed E-state index contributed by atoms with van der Waals surface area (Å²) in [5, 5.41) is 131. The first-order valence-electron chi connectivity index (χ1n) is 45.0. The van der Waals surface area contributed by atoms with Crippen LogP contribution in [0.5, 0.6) is 0 Å². The number of amides is 10. The quantitative estimate of drug-likeness (QED) is 0.0204. The number of thioether (sulfide) groups is 1. The second-order valence-electron chi connectivity index (χ2n) is 30.5. The highest BCUT2D eigenvalue weighted by Gasteiger charge is 2.38. The fraction of sp³-hybridized carbons (Fsp3) is 0.816. The maximum absolute atomic E-state index is 12.2. The van der Waals surface area contributed by atoms with E-state index >= 15 is 0 Å². The van der Waals surface area contributed by atoms with Crippen molar-refractivity contribution >= 4 is 94.7 Å². The van der Waals surface area contributed by atoms with Crippen LogP contribution in [0.4, 0.5) is 9.59 Å². The van der Waals surface area contributed by atoms with Crippen LogP contribution in [0.15, 0.2) is 12.2 Å². The average molecular weight is 2030 g/mol. The number of methoxy groups -OCH3 is 6. The van der Waals surface area contributed by atoms with Gasteiger partial charge in [0, 0.05) is 178 Å². The molecule has 2 heterocycles. The van der Waals surface area contributed by atoms with Gasteiger partial charge < -0.3 is 169 Å². The number of likely N-dealkylation sites (tertiary alicyclic amines) is 1. The van der Waals surface area contributed by atoms with E-state index in [-0.39, 0.29) is 304 Å². The Hall–Kier alpha value is -7.89. The lowest BCUT2D eigenvalue weighted by Gasteiger charge is -2.22. The second kappa shape index (κ2) is 95.3. The average Bonchev–Trinajstić information content (AvgIpc) is 1.70. The van der Waals surface area contributed by atoms with E-state index in [1.807, 2.05) is 0 Å². The van der Waals surface area contributed by atoms with E-state index in [1.165, 1.54) is 80.4 Å². The van der Waals surface area contributed by atoms with Crippen LogP contribution in [0.3, 0.4) is 0 Å². The molecule has 1 saturated heterocycles. The minimum Gasteiger partial charge on any atom is -0.481 e. The lowest BCUT2D eigenvalue weighted by atomic mass is 10.2. The molecular weight excluding hydrogens is 1860 g/mol. The van der Waals surface area contributed by atoms with Crippen molar-refractivity contribution in [1.82, 2.24) is 40.9 Å². The summed E-state index contributed by atoms with van der Waals surface area (Å²) in [6.07, 6.45) is 0.911. The van der Waals surface area contributed by atoms with E-state index in [0.717, 1.165) is 9.80 Å². The molecule has 0 aromatic heterocycles. The molecule has 0 bridgehead atoms. The molecule has 18 N–H and O–H groups in total. The van der Waals surface area contributed by atoms with Crippen molar-refractivity contribution in [2.45, 2.75) is 217 Å². The Balaban J connectivity index is -0.000000374. The molecule has 0 aliphatic carbocycles. The maximum Gasteiger partial charge on any atom is 0.407 e. The van der Waals surface area contributed by atoms with Crippen molar-refractivity contribution in [3.8, 4) is 0 Å². The van der Waals surface area contributed by atoms with E-state index in [2.05, 4.69) is 21.3 Å². The van der Waals surface area contributed by atoms with Gasteiger partial charge in [0.1, 0.15) is 61.4 Å². The Kier molecular flexibility index (Phi) is 97.2. The number of ether oxygens (including phenoxy) is 14. The second-order valence-corrected chi connectivity index (χ2v) is 31.5. The van der Waals surface area contributed by atoms with Crippen LogP contribution >= 0.6 is 11.8 Å². The number of Topliss-reactive ketones (excluding diaryl/α,β-unsaturated/α-hetero) is 2. The summed E-state index contributed by atoms with van der Waals surface area (Å²) in [5.41, 5.74) is 0. The van der Waals surface area contributed by atoms with Crippen molar-refractivity contribution in [3.63, 3.8) is 0 Å². The van der Waals surface area contributed by atoms with Crippen molar-refractivity contribution in [2.24, 2.45) is 0 Å². The molecule has 0 aromatic carbocycles. The van der Waals surface area contributed by atoms with Crippen LogP contribution < -0.4 is 21.3 Å². The predicted molar refractivity (Wildman–Crippen MR) is 497 cm³/mol. The molecule has 11 atom stereocenters. The van der Waals surface area contributed by atoms with Gasteiger partial charge in [0.15, 0.2) is 0 Å². The minimum atomic E-state index is -0.938. The summed E-state index contributed by atoms with van der Waals surface area (Å²) in [6.45, 7) is 16.4. The highest BCUT2D eigenvalue weighted by atomic mass is 32.2. The lowest BCUT2D eigenvalue weighted by Crippen LogP contribution is -2.37. The Morgan fingerprint density at radius 1 is 0.370 bits per heavy atom. The zero-order valence-electron chi connectivity index (χ0n) is 83.0. The smallest absolute Gasteiger partial charge is 0.407 e. The summed E-state index contributed by atoms with van der Waals surface area (Å²) in [4.78, 5) is 165. The number of carboxylic acids is 2. The van der Waals surface area contributed by atoms with E-state index in [9.17, 15) is 67.1 Å². The number of alkyl carbamates (subject to hydrolysis) is 2. The molecule has 50 nitrogen and oxygen atoms in total. The number of carbonyl (C=O) groups excluding carboxylic acids is 12. The van der Waals surface area contributed by atoms with Gasteiger partial charge in [-0.3, -0.25) is 67.3 Å². The largest absolute Gasteiger partial charge is 0.481 e. The van der Waals surface area contributed by atoms with E-state index in [1.54, 1.807) is 57.6 Å². The fourth-order valence-electron chi connectivity index (χ4n) is 10.5. The first-order chi connectivity index (χ1) is 65.6. The van der Waals surface area contributed by atoms with Gasteiger partial charge in [-0.1, -0.05) is 0 Å². The van der Waals surface area contributed by atoms with Gasteiger partial charge in [0.2, 0.25) is 35.4 Å². The van der Waals surface area contributed by atoms with Gasteiger partial charge in [-0.05, 0) is 87.3 Å². The summed E-state index contributed by atoms with van der Waals surface area (Å²) < 4.78 is 70.3. The van der Waals surface area contributed by atoms with Gasteiger partial charge in [-0.15, -0.1) is 0 Å². The molecule has 0 spiro atoms. The summed E-state index contributed by atoms with van der Waals surface area (Å²) in [6, 6.07) is 0. The number of hydrogen-bond donors (Lipinski definition) is 18. The molecular formula is C87H164N8O42S. The molecule has 2 aliphatic heterocycles. The van der Waals surface area contributed by atoms with Gasteiger partial charge in [0.25, 0.3) is 11.8 Å². The number of carboxylic acid groups (broad SMARTS) is 2. The molecule has 51 heteroatoms. The Bertz CT molecular complexity index is 3080. The van der Waals surface area contributed by atoms with Crippen LogP contribution in [-0.4, -0.2) is 499 Å². The fourth-order valence-corrected chi connectivity index (χ4v) is 11.1. The molecule has 10 amide bonds. The number of nitrogens with zero attached hydrogens (tertiary/aromatic N) is 4. The zero-order valence-corrected chi connectivity index (χ0v) is 83.8. The third-order valence-electron chi connectivity index (χ3n) is 17.8. The minimum absolute atomic E-state index is 0.00216. The van der Waals surface area contributed by atoms with E-state index < -0.39 is 60.4 Å². The van der Waals surface area contributed by atoms with Crippen molar-refractivity contribution in [3.05, 3.63) is 12.2 Å². The number of hydrogen-bond acceptors (Lipinski definition) is 41. The highest BCUT2D eigenvalue weighted by molar-refractivity contribution is 8.00. The predicted octanol–water partition coefficient (Wildman–Crippen LogP) is -3.89. The number of imide groups is 2. The number of aliphatic carboxylic acids is 2. The van der Waals surface area contributed by atoms with Crippen LogP contribution in [0.1, 0.15) is 139 Å². The van der Waals surface area contributed by atoms with Crippen molar-refractivity contribution in [1.29, 1.82) is 0 Å². The van der Waals surface area contributed by atoms with E-state index in [4.69, 9.17) is 138 Å². The van der Waals surface area contributed by atoms with Crippen LogP contribution in [0.2, 0.25) is 0 Å². The first-order valence-corrected chi connectivity index (χ1v) is 46.3. The summed E-state index contributed by atoms with van der Waals surface area (Å²) in [7, 11) is 9.15. The molecule has 0 saturated carbocycles. The third kappa shape index (κ3) is 83.9. The van der Waals surface area contributed by atoms with Gasteiger partial charge >= 0.3 is 24.1 Å². The van der Waals surface area contributed by atoms with Crippen molar-refractivity contribution < 1.29 is 205 Å². The molecule has 1 fully saturated rings. The molecule has 810 valence electrons. The van der Waals surface area contributed by atoms with Crippen LogP contribution in [0, 0.1) is 0 Å². The molecule has 0 radical (unpaired) electrons. The number of nitrogens with one attached hydrogen (secondary N) is 4. The summed E-state index contributed by atoms with van der Waals surface area (Å²) >= 11 is 1.33. The lowest BCUT2D eigenvalue weighted by molar-refractivity contribution is -0.140. The first kappa shape index (κ1) is 141. The standard InChI is InChI=1S/C19H31N3O7S.C18H27N3O7.2C12H23NO6.2C7H16O4.2C6H14O4/c1-29-12-11-21(16(24)5-3-6-18(26)27)9-4-8-20-15(23)7-10-22-17(25)13-14(30-2)19(22)28;1-28-13-12-20(15(23)4-2-5-18(26)27)10-3-9-19-14(22)8-11-21-16(24)6-7-17(21)25;2*1-9(15)4-5-13-12(16)18-8-11(7-17-3)19-10(2)6-14;2*1-6(3-8)11-7(4-9)5-10-2;2*1-5(2-7)10-6(3-8)4-9/h14H,3-13H2,1-2H3,(H,20,23)(H,26,27);6-7H,2-5,8-13H2,1H3,(H,19,22)(H,26,27);2*10-11,14H,4-8H2,1-3H3,(H,13,16);2*6-9H,3-5H2,1-2H3;2*5-9H,2-4H2,1H3. The monoisotopic (exact) mass is 2030 g/mol. The molecule has 2 rings (SSSR count). The zero-order chi connectivity index (χ0) is 106. The van der Waals surface area contributed by atoms with Gasteiger partial charge in [-0.25, -0.2) is 9.59 Å². The van der Waals surface area contributed by atoms with Crippen LogP contribution in [0.25, 0.3) is 0 Å². The SMILES string of the molecule is CC(CO)OC(CO)CO.CC(CO)OC(CO)CO.COCC(CO)OC(C)CO.COCC(CO)OC(C)CO.COCC(COC(=O)NCCC(C)=O)OC(C)CO.COCC(COC(=O)NCCC(C)=O)OC(C)CO.COCCN(CCCNC(=O)CCN1C(=O)C=CC1=O)C(=O)CCCC(=O)O.COCCN(CCCNC(=O)CCN1C(=O)CC(SC)C1=O)C(=O)CCCC(=O)O. The molecule has 138 heavy (non-hydrogen) atoms. The van der Waals surface area contributed by atoms with E-state index in [0.29, 0.717) is 78.5 Å². The molecule has 0 aromatic rings. The number of carbonyl (C=O) groups is 14. The number of ketones is 2. The topological polar surface area (TPSA) is 713 Å². The Morgan fingerprint density at radius 2 is 0.667 bits per heavy atom. The van der Waals surface area contributed by atoms with Crippen molar-refractivity contribution in [2.75, 3.05) is 246 Å². The normalized spacial score (nSPS) is 14.6. The summed E-state index contributed by atoms with van der Waals surface area (Å²) in [5.74, 6) is -4.06. The molecule has 11 unspecified atom stereocenters.